The van der Waals surface area contributed by atoms with Crippen molar-refractivity contribution in [1.82, 2.24) is 0 Å². The Balaban J connectivity index is 2.45. The number of benzene rings is 2. The van der Waals surface area contributed by atoms with Crippen LogP contribution in [0.4, 0.5) is 4.39 Å². The van der Waals surface area contributed by atoms with Crippen molar-refractivity contribution in [2.75, 3.05) is 6.61 Å². The Morgan fingerprint density at radius 2 is 1.94 bits per heavy atom. The van der Waals surface area contributed by atoms with Gasteiger partial charge in [-0.05, 0) is 24.6 Å². The second-order valence-corrected chi connectivity index (χ2v) is 3.94. The average Bonchev–Trinajstić information content (AvgIpc) is 2.40. The molecule has 0 radical (unpaired) electrons. The molecular formula is C15H16FNO. The number of halogens is 1. The molecule has 0 spiro atoms. The lowest BCUT2D eigenvalue weighted by atomic mass is 10.0. The van der Waals surface area contributed by atoms with Crippen molar-refractivity contribution in [2.45, 2.75) is 13.5 Å². The van der Waals surface area contributed by atoms with Crippen LogP contribution >= 0.6 is 0 Å². The first-order valence-electron chi connectivity index (χ1n) is 5.97. The van der Waals surface area contributed by atoms with E-state index < -0.39 is 0 Å². The predicted molar refractivity (Wildman–Crippen MR) is 70.9 cm³/mol. The summed E-state index contributed by atoms with van der Waals surface area (Å²) < 4.78 is 19.3. The van der Waals surface area contributed by atoms with Crippen molar-refractivity contribution >= 4 is 0 Å². The first-order chi connectivity index (χ1) is 8.76. The van der Waals surface area contributed by atoms with Crippen molar-refractivity contribution in [3.63, 3.8) is 0 Å². The third kappa shape index (κ3) is 2.51. The van der Waals surface area contributed by atoms with Gasteiger partial charge in [-0.15, -0.1) is 0 Å². The number of hydrogen-bond acceptors (Lipinski definition) is 2. The molecule has 0 bridgehead atoms. The summed E-state index contributed by atoms with van der Waals surface area (Å²) in [4.78, 5) is 0. The number of ether oxygens (including phenoxy) is 1. The van der Waals surface area contributed by atoms with E-state index in [-0.39, 0.29) is 12.4 Å². The molecule has 0 unspecified atom stereocenters. The molecule has 2 N–H and O–H groups in total. The Bertz CT molecular complexity index is 540. The van der Waals surface area contributed by atoms with Gasteiger partial charge in [0.15, 0.2) is 0 Å². The molecule has 94 valence electrons. The van der Waals surface area contributed by atoms with E-state index in [1.54, 1.807) is 6.07 Å². The number of rotatable bonds is 4. The van der Waals surface area contributed by atoms with E-state index in [2.05, 4.69) is 0 Å². The lowest BCUT2D eigenvalue weighted by Gasteiger charge is -2.11. The Labute approximate surface area is 106 Å². The van der Waals surface area contributed by atoms with E-state index >= 15 is 0 Å². The highest BCUT2D eigenvalue weighted by molar-refractivity contribution is 5.70. The van der Waals surface area contributed by atoms with Gasteiger partial charge >= 0.3 is 0 Å². The third-order valence-electron chi connectivity index (χ3n) is 2.77. The summed E-state index contributed by atoms with van der Waals surface area (Å²) in [6.07, 6.45) is 0. The second-order valence-electron chi connectivity index (χ2n) is 3.94. The van der Waals surface area contributed by atoms with Crippen molar-refractivity contribution in [1.29, 1.82) is 0 Å². The number of nitrogens with two attached hydrogens (primary N) is 1. The van der Waals surface area contributed by atoms with Crippen LogP contribution in [-0.2, 0) is 6.54 Å². The molecule has 0 aliphatic rings. The van der Waals surface area contributed by atoms with Crippen LogP contribution < -0.4 is 10.5 Å². The van der Waals surface area contributed by atoms with Crippen molar-refractivity contribution in [2.24, 2.45) is 5.73 Å². The SMILES string of the molecule is CCOc1ccccc1-c1ccc(CN)c(F)c1. The first-order valence-corrected chi connectivity index (χ1v) is 5.97. The Kier molecular flexibility index (Phi) is 3.95. The highest BCUT2D eigenvalue weighted by Gasteiger charge is 2.08. The normalized spacial score (nSPS) is 10.4. The highest BCUT2D eigenvalue weighted by Crippen LogP contribution is 2.30. The molecule has 2 aromatic carbocycles. The predicted octanol–water partition coefficient (Wildman–Crippen LogP) is 3.35. The molecule has 2 rings (SSSR count). The van der Waals surface area contributed by atoms with Gasteiger partial charge in [0.25, 0.3) is 0 Å². The number of para-hydroxylation sites is 1. The fourth-order valence-corrected chi connectivity index (χ4v) is 1.87. The lowest BCUT2D eigenvalue weighted by Crippen LogP contribution is -2.00. The fraction of sp³-hybridized carbons (Fsp3) is 0.200. The van der Waals surface area contributed by atoms with Crippen LogP contribution in [0.25, 0.3) is 11.1 Å². The molecule has 0 aromatic heterocycles. The summed E-state index contributed by atoms with van der Waals surface area (Å²) in [5, 5.41) is 0. The first kappa shape index (κ1) is 12.6. The largest absolute Gasteiger partial charge is 0.493 e. The molecule has 2 aromatic rings. The fourth-order valence-electron chi connectivity index (χ4n) is 1.87. The van der Waals surface area contributed by atoms with Crippen LogP contribution in [0, 0.1) is 5.82 Å². The molecule has 3 heteroatoms. The maximum absolute atomic E-state index is 13.7. The zero-order valence-electron chi connectivity index (χ0n) is 10.3. The van der Waals surface area contributed by atoms with Gasteiger partial charge in [-0.3, -0.25) is 0 Å². The van der Waals surface area contributed by atoms with Crippen LogP contribution in [0.1, 0.15) is 12.5 Å². The van der Waals surface area contributed by atoms with Gasteiger partial charge in [0.1, 0.15) is 11.6 Å². The van der Waals surface area contributed by atoms with Crippen molar-refractivity contribution in [3.8, 4) is 16.9 Å². The van der Waals surface area contributed by atoms with Crippen molar-refractivity contribution in [3.05, 3.63) is 53.8 Å². The summed E-state index contributed by atoms with van der Waals surface area (Å²) >= 11 is 0. The molecule has 0 aliphatic carbocycles. The Morgan fingerprint density at radius 3 is 2.61 bits per heavy atom. The molecule has 18 heavy (non-hydrogen) atoms. The molecule has 0 saturated heterocycles. The van der Waals surface area contributed by atoms with Gasteiger partial charge < -0.3 is 10.5 Å². The van der Waals surface area contributed by atoms with Gasteiger partial charge in [0.2, 0.25) is 0 Å². The lowest BCUT2D eigenvalue weighted by molar-refractivity contribution is 0.341. The standard InChI is InChI=1S/C15H16FNO/c1-2-18-15-6-4-3-5-13(15)11-7-8-12(10-17)14(16)9-11/h3-9H,2,10,17H2,1H3. The van der Waals surface area contributed by atoms with Gasteiger partial charge in [-0.2, -0.15) is 0 Å². The summed E-state index contributed by atoms with van der Waals surface area (Å²) in [7, 11) is 0. The maximum atomic E-state index is 13.7. The molecular weight excluding hydrogens is 229 g/mol. The van der Waals surface area contributed by atoms with E-state index in [1.807, 2.05) is 37.3 Å². The Morgan fingerprint density at radius 1 is 1.17 bits per heavy atom. The minimum atomic E-state index is -0.277. The van der Waals surface area contributed by atoms with Crippen LogP contribution in [0.3, 0.4) is 0 Å². The van der Waals surface area contributed by atoms with Gasteiger partial charge in [-0.25, -0.2) is 4.39 Å². The minimum absolute atomic E-state index is 0.208. The molecule has 0 aliphatic heterocycles. The average molecular weight is 245 g/mol. The summed E-state index contributed by atoms with van der Waals surface area (Å²) in [6, 6.07) is 12.7. The van der Waals surface area contributed by atoms with E-state index in [0.717, 1.165) is 16.9 Å². The van der Waals surface area contributed by atoms with Crippen molar-refractivity contribution < 1.29 is 9.13 Å². The molecule has 0 fully saturated rings. The van der Waals surface area contributed by atoms with Crippen LogP contribution in [0.15, 0.2) is 42.5 Å². The quantitative estimate of drug-likeness (QED) is 0.896. The summed E-state index contributed by atoms with van der Waals surface area (Å²) in [5.74, 6) is 0.487. The smallest absolute Gasteiger partial charge is 0.128 e. The highest BCUT2D eigenvalue weighted by atomic mass is 19.1. The van der Waals surface area contributed by atoms with Gasteiger partial charge in [0, 0.05) is 17.7 Å². The van der Waals surface area contributed by atoms with E-state index in [0.29, 0.717) is 12.2 Å². The van der Waals surface area contributed by atoms with E-state index in [9.17, 15) is 4.39 Å². The zero-order chi connectivity index (χ0) is 13.0. The van der Waals surface area contributed by atoms with E-state index in [4.69, 9.17) is 10.5 Å². The minimum Gasteiger partial charge on any atom is -0.493 e. The monoisotopic (exact) mass is 245 g/mol. The second kappa shape index (κ2) is 5.65. The molecule has 0 amide bonds. The van der Waals surface area contributed by atoms with Crippen LogP contribution in [0.5, 0.6) is 5.75 Å². The van der Waals surface area contributed by atoms with Crippen LogP contribution in [-0.4, -0.2) is 6.61 Å². The molecule has 0 heterocycles. The molecule has 0 saturated carbocycles. The van der Waals surface area contributed by atoms with Crippen LogP contribution in [0.2, 0.25) is 0 Å². The van der Waals surface area contributed by atoms with Gasteiger partial charge in [0.05, 0.1) is 6.61 Å². The third-order valence-corrected chi connectivity index (χ3v) is 2.77. The number of hydrogen-bond donors (Lipinski definition) is 1. The van der Waals surface area contributed by atoms with E-state index in [1.165, 1.54) is 6.07 Å². The Hall–Kier alpha value is -1.87. The zero-order valence-corrected chi connectivity index (χ0v) is 10.3. The molecule has 2 nitrogen and oxygen atoms in total. The topological polar surface area (TPSA) is 35.2 Å². The summed E-state index contributed by atoms with van der Waals surface area (Å²) in [6.45, 7) is 2.72. The molecule has 0 atom stereocenters. The summed E-state index contributed by atoms with van der Waals surface area (Å²) in [5.41, 5.74) is 7.66. The maximum Gasteiger partial charge on any atom is 0.128 e. The van der Waals surface area contributed by atoms with Gasteiger partial charge in [-0.1, -0.05) is 30.3 Å².